The highest BCUT2D eigenvalue weighted by molar-refractivity contribution is 7.92. The van der Waals surface area contributed by atoms with Crippen molar-refractivity contribution >= 4 is 39.1 Å². The molecule has 0 heterocycles. The topological polar surface area (TPSA) is 86.8 Å². The Morgan fingerprint density at radius 1 is 1.03 bits per heavy atom. The molecule has 2 amide bonds. The molecule has 0 aromatic heterocycles. The zero-order valence-electron chi connectivity index (χ0n) is 22.2. The van der Waals surface area contributed by atoms with Crippen molar-refractivity contribution in [1.82, 2.24) is 10.2 Å². The van der Waals surface area contributed by atoms with Gasteiger partial charge in [-0.15, -0.1) is 0 Å². The summed E-state index contributed by atoms with van der Waals surface area (Å²) in [7, 11) is -3.79. The van der Waals surface area contributed by atoms with Crippen LogP contribution in [0.3, 0.4) is 0 Å². The predicted octanol–water partition coefficient (Wildman–Crippen LogP) is 4.74. The summed E-state index contributed by atoms with van der Waals surface area (Å²) in [4.78, 5) is 27.9. The molecular formula is C27H38ClN3O4S. The molecule has 2 aromatic carbocycles. The summed E-state index contributed by atoms with van der Waals surface area (Å²) in [5.74, 6) is -0.822. The van der Waals surface area contributed by atoms with E-state index < -0.39 is 28.5 Å². The lowest BCUT2D eigenvalue weighted by Gasteiger charge is -2.32. The molecule has 2 rings (SSSR count). The fourth-order valence-corrected chi connectivity index (χ4v) is 4.64. The quantitative estimate of drug-likeness (QED) is 0.476. The molecule has 36 heavy (non-hydrogen) atoms. The normalized spacial score (nSPS) is 13.6. The smallest absolute Gasteiger partial charge is 0.244 e. The third-order valence-corrected chi connectivity index (χ3v) is 7.68. The highest BCUT2D eigenvalue weighted by atomic mass is 35.5. The summed E-state index contributed by atoms with van der Waals surface area (Å²) in [5.41, 5.74) is 1.99. The number of anilines is 1. The number of carbonyl (C=O) groups is 2. The van der Waals surface area contributed by atoms with Crippen LogP contribution in [-0.2, 0) is 31.6 Å². The Hall–Kier alpha value is -2.58. The van der Waals surface area contributed by atoms with Gasteiger partial charge in [0.05, 0.1) is 11.9 Å². The van der Waals surface area contributed by atoms with E-state index in [4.69, 9.17) is 11.6 Å². The van der Waals surface area contributed by atoms with E-state index in [0.29, 0.717) is 16.3 Å². The van der Waals surface area contributed by atoms with Crippen LogP contribution in [0.2, 0.25) is 5.02 Å². The van der Waals surface area contributed by atoms with Gasteiger partial charge < -0.3 is 10.2 Å². The van der Waals surface area contributed by atoms with Crippen LogP contribution >= 0.6 is 11.6 Å². The first-order valence-corrected chi connectivity index (χ1v) is 14.3. The monoisotopic (exact) mass is 535 g/mol. The Bertz CT molecular complexity index is 1160. The first-order valence-electron chi connectivity index (χ1n) is 12.1. The first kappa shape index (κ1) is 29.6. The molecule has 198 valence electrons. The number of nitrogens with one attached hydrogen (secondary N) is 1. The standard InChI is InChI=1S/C27H38ClN3O4S/c1-8-19(2)29-26(33)20(3)30(17-21-11-9-10-12-24(21)28)25(32)18-31(36(7,34)35)23-15-13-22(14-16-23)27(4,5)6/h9-16,19-20H,8,17-18H2,1-7H3,(H,29,33)/t19-,20+/m0/s1. The van der Waals surface area contributed by atoms with Gasteiger partial charge in [0.1, 0.15) is 12.6 Å². The predicted molar refractivity (Wildman–Crippen MR) is 147 cm³/mol. The largest absolute Gasteiger partial charge is 0.352 e. The molecule has 0 aliphatic rings. The van der Waals surface area contributed by atoms with Gasteiger partial charge in [-0.1, -0.05) is 69.6 Å². The van der Waals surface area contributed by atoms with Crippen molar-refractivity contribution in [3.05, 3.63) is 64.7 Å². The molecule has 0 spiro atoms. The van der Waals surface area contributed by atoms with Crippen LogP contribution in [0.4, 0.5) is 5.69 Å². The molecule has 7 nitrogen and oxygen atoms in total. The zero-order chi connectivity index (χ0) is 27.3. The number of rotatable bonds is 10. The minimum Gasteiger partial charge on any atom is -0.352 e. The summed E-state index contributed by atoms with van der Waals surface area (Å²) >= 11 is 6.34. The van der Waals surface area contributed by atoms with Gasteiger partial charge in [0, 0.05) is 17.6 Å². The van der Waals surface area contributed by atoms with Gasteiger partial charge >= 0.3 is 0 Å². The van der Waals surface area contributed by atoms with Gasteiger partial charge in [-0.25, -0.2) is 8.42 Å². The summed E-state index contributed by atoms with van der Waals surface area (Å²) in [6.07, 6.45) is 1.80. The van der Waals surface area contributed by atoms with Crippen molar-refractivity contribution in [1.29, 1.82) is 0 Å². The second-order valence-corrected chi connectivity index (χ2v) is 12.5. The molecule has 0 fully saturated rings. The number of carbonyl (C=O) groups excluding carboxylic acids is 2. The van der Waals surface area contributed by atoms with Crippen molar-refractivity contribution < 1.29 is 18.0 Å². The maximum atomic E-state index is 13.6. The molecule has 2 aromatic rings. The van der Waals surface area contributed by atoms with Crippen molar-refractivity contribution in [2.75, 3.05) is 17.1 Å². The minimum atomic E-state index is -3.79. The number of hydrogen-bond acceptors (Lipinski definition) is 4. The lowest BCUT2D eigenvalue weighted by atomic mass is 9.87. The van der Waals surface area contributed by atoms with E-state index in [0.717, 1.165) is 22.5 Å². The highest BCUT2D eigenvalue weighted by Crippen LogP contribution is 2.26. The maximum absolute atomic E-state index is 13.6. The SMILES string of the molecule is CC[C@H](C)NC(=O)[C@@H](C)N(Cc1ccccc1Cl)C(=O)CN(c1ccc(C(C)(C)C)cc1)S(C)(=O)=O. The van der Waals surface area contributed by atoms with Gasteiger partial charge in [0.15, 0.2) is 0 Å². The Kier molecular flexibility index (Phi) is 9.97. The van der Waals surface area contributed by atoms with E-state index in [1.54, 1.807) is 43.3 Å². The second kappa shape index (κ2) is 12.1. The Morgan fingerprint density at radius 3 is 2.11 bits per heavy atom. The van der Waals surface area contributed by atoms with Crippen LogP contribution in [-0.4, -0.2) is 50.0 Å². The number of nitrogens with zero attached hydrogens (tertiary/aromatic N) is 2. The highest BCUT2D eigenvalue weighted by Gasteiger charge is 2.31. The zero-order valence-corrected chi connectivity index (χ0v) is 23.8. The lowest BCUT2D eigenvalue weighted by Crippen LogP contribution is -2.52. The van der Waals surface area contributed by atoms with Crippen molar-refractivity contribution in [3.8, 4) is 0 Å². The molecular weight excluding hydrogens is 498 g/mol. The van der Waals surface area contributed by atoms with E-state index in [-0.39, 0.29) is 23.9 Å². The van der Waals surface area contributed by atoms with Crippen LogP contribution in [0, 0.1) is 0 Å². The Balaban J connectivity index is 2.41. The summed E-state index contributed by atoms with van der Waals surface area (Å²) in [6, 6.07) is 13.3. The van der Waals surface area contributed by atoms with Crippen LogP contribution in [0.1, 0.15) is 59.1 Å². The van der Waals surface area contributed by atoms with E-state index >= 15 is 0 Å². The molecule has 0 bridgehead atoms. The second-order valence-electron chi connectivity index (χ2n) is 10.2. The lowest BCUT2D eigenvalue weighted by molar-refractivity contribution is -0.139. The van der Waals surface area contributed by atoms with Crippen LogP contribution < -0.4 is 9.62 Å². The van der Waals surface area contributed by atoms with Crippen LogP contribution in [0.15, 0.2) is 48.5 Å². The molecule has 1 N–H and O–H groups in total. The molecule has 0 aliphatic heterocycles. The summed E-state index contributed by atoms with van der Waals surface area (Å²) < 4.78 is 26.5. The number of halogens is 1. The van der Waals surface area contributed by atoms with E-state index in [2.05, 4.69) is 26.1 Å². The van der Waals surface area contributed by atoms with E-state index in [9.17, 15) is 18.0 Å². The van der Waals surface area contributed by atoms with Crippen molar-refractivity contribution in [2.45, 2.75) is 72.0 Å². The summed E-state index contributed by atoms with van der Waals surface area (Å²) in [5, 5.41) is 3.36. The Labute approximate surface area is 220 Å². The van der Waals surface area contributed by atoms with Crippen molar-refractivity contribution in [2.24, 2.45) is 0 Å². The van der Waals surface area contributed by atoms with Crippen LogP contribution in [0.5, 0.6) is 0 Å². The van der Waals surface area contributed by atoms with Gasteiger partial charge in [0.2, 0.25) is 21.8 Å². The van der Waals surface area contributed by atoms with Crippen LogP contribution in [0.25, 0.3) is 0 Å². The fraction of sp³-hybridized carbons (Fsp3) is 0.481. The number of benzene rings is 2. The average Bonchev–Trinajstić information content (AvgIpc) is 2.80. The van der Waals surface area contributed by atoms with Gasteiger partial charge in [0.25, 0.3) is 0 Å². The Morgan fingerprint density at radius 2 is 1.61 bits per heavy atom. The van der Waals surface area contributed by atoms with Gasteiger partial charge in [-0.05, 0) is 55.0 Å². The van der Waals surface area contributed by atoms with Gasteiger partial charge in [-0.3, -0.25) is 13.9 Å². The molecule has 0 radical (unpaired) electrons. The number of amides is 2. The summed E-state index contributed by atoms with van der Waals surface area (Å²) in [6.45, 7) is 11.3. The average molecular weight is 536 g/mol. The van der Waals surface area contributed by atoms with Gasteiger partial charge in [-0.2, -0.15) is 0 Å². The maximum Gasteiger partial charge on any atom is 0.244 e. The molecule has 2 atom stereocenters. The van der Waals surface area contributed by atoms with Crippen molar-refractivity contribution in [3.63, 3.8) is 0 Å². The molecule has 0 saturated heterocycles. The van der Waals surface area contributed by atoms with E-state index in [1.165, 1.54) is 4.90 Å². The minimum absolute atomic E-state index is 0.0637. The fourth-order valence-electron chi connectivity index (χ4n) is 3.60. The number of hydrogen-bond donors (Lipinski definition) is 1. The first-order chi connectivity index (χ1) is 16.6. The number of sulfonamides is 1. The third-order valence-electron chi connectivity index (χ3n) is 6.17. The molecule has 0 saturated carbocycles. The molecule has 0 aliphatic carbocycles. The third kappa shape index (κ3) is 7.96. The molecule has 9 heteroatoms. The molecule has 0 unspecified atom stereocenters. The van der Waals surface area contributed by atoms with E-state index in [1.807, 2.05) is 26.0 Å².